The lowest BCUT2D eigenvalue weighted by Gasteiger charge is -2.38. The van der Waals surface area contributed by atoms with E-state index < -0.39 is 0 Å². The molecule has 158 valence electrons. The Morgan fingerprint density at radius 3 is 2.30 bits per heavy atom. The highest BCUT2D eigenvalue weighted by Gasteiger charge is 2.35. The molecule has 2 aliphatic heterocycles. The second-order valence-electron chi connectivity index (χ2n) is 8.05. The number of thiophene rings is 1. The summed E-state index contributed by atoms with van der Waals surface area (Å²) in [6.07, 6.45) is 3.24. The van der Waals surface area contributed by atoms with Gasteiger partial charge in [0, 0.05) is 31.9 Å². The van der Waals surface area contributed by atoms with Crippen molar-refractivity contribution in [3.63, 3.8) is 0 Å². The van der Waals surface area contributed by atoms with Gasteiger partial charge in [0.2, 0.25) is 11.8 Å². The third-order valence-electron chi connectivity index (χ3n) is 5.93. The van der Waals surface area contributed by atoms with Gasteiger partial charge in [-0.25, -0.2) is 0 Å². The summed E-state index contributed by atoms with van der Waals surface area (Å²) in [5.41, 5.74) is 0.779. The topological polar surface area (TPSA) is 69.7 Å². The second-order valence-corrected chi connectivity index (χ2v) is 8.99. The van der Waals surface area contributed by atoms with E-state index >= 15 is 0 Å². The first kappa shape index (κ1) is 20.6. The molecular formula is C23H27N3O3S. The first-order valence-corrected chi connectivity index (χ1v) is 11.5. The molecule has 7 heteroatoms. The standard InChI is InChI=1S/C23H27N3O3S/c27-21(24-19-9-2-1-3-10-19)17-7-4-12-25(15-17)22(28)18-8-5-13-26(16-18)23(29)20-11-6-14-30-20/h1-3,6,9-11,14,17-18H,4-5,7-8,12-13,15-16H2,(H,24,27)/t17-,18-/m0/s1. The third-order valence-corrected chi connectivity index (χ3v) is 6.79. The van der Waals surface area contributed by atoms with Gasteiger partial charge in [0.25, 0.3) is 5.91 Å². The van der Waals surface area contributed by atoms with Crippen molar-refractivity contribution in [1.82, 2.24) is 9.80 Å². The molecule has 3 amide bonds. The molecule has 1 N–H and O–H groups in total. The van der Waals surface area contributed by atoms with Gasteiger partial charge in [-0.2, -0.15) is 0 Å². The van der Waals surface area contributed by atoms with Gasteiger partial charge in [0.15, 0.2) is 0 Å². The number of hydrogen-bond acceptors (Lipinski definition) is 4. The summed E-state index contributed by atoms with van der Waals surface area (Å²) < 4.78 is 0. The fourth-order valence-corrected chi connectivity index (χ4v) is 5.03. The molecule has 0 aliphatic carbocycles. The Bertz CT molecular complexity index is 884. The lowest BCUT2D eigenvalue weighted by atomic mass is 9.92. The van der Waals surface area contributed by atoms with Gasteiger partial charge in [-0.3, -0.25) is 14.4 Å². The van der Waals surface area contributed by atoms with E-state index in [1.165, 1.54) is 11.3 Å². The number of rotatable bonds is 4. The second kappa shape index (κ2) is 9.43. The van der Waals surface area contributed by atoms with Gasteiger partial charge in [0.1, 0.15) is 0 Å². The van der Waals surface area contributed by atoms with Crippen LogP contribution in [0.5, 0.6) is 0 Å². The van der Waals surface area contributed by atoms with Crippen LogP contribution in [0.2, 0.25) is 0 Å². The van der Waals surface area contributed by atoms with Gasteiger partial charge >= 0.3 is 0 Å². The largest absolute Gasteiger partial charge is 0.342 e. The summed E-state index contributed by atoms with van der Waals surface area (Å²) in [5, 5.41) is 4.86. The van der Waals surface area contributed by atoms with Crippen LogP contribution in [0.15, 0.2) is 47.8 Å². The number of para-hydroxylation sites is 1. The third kappa shape index (κ3) is 4.73. The summed E-state index contributed by atoms with van der Waals surface area (Å²) in [6, 6.07) is 13.1. The predicted molar refractivity (Wildman–Crippen MR) is 117 cm³/mol. The monoisotopic (exact) mass is 425 g/mol. The summed E-state index contributed by atoms with van der Waals surface area (Å²) >= 11 is 1.44. The summed E-state index contributed by atoms with van der Waals surface area (Å²) in [4.78, 5) is 42.9. The van der Waals surface area contributed by atoms with Crippen molar-refractivity contribution < 1.29 is 14.4 Å². The van der Waals surface area contributed by atoms with E-state index in [2.05, 4.69) is 5.32 Å². The first-order chi connectivity index (χ1) is 14.6. The zero-order valence-corrected chi connectivity index (χ0v) is 17.8. The van der Waals surface area contributed by atoms with Crippen molar-refractivity contribution >= 4 is 34.7 Å². The molecule has 2 aliphatic rings. The molecule has 0 radical (unpaired) electrons. The molecule has 2 atom stereocenters. The quantitative estimate of drug-likeness (QED) is 0.815. The van der Waals surface area contributed by atoms with Crippen molar-refractivity contribution in [2.24, 2.45) is 11.8 Å². The minimum Gasteiger partial charge on any atom is -0.342 e. The smallest absolute Gasteiger partial charge is 0.263 e. The molecule has 0 saturated carbocycles. The van der Waals surface area contributed by atoms with E-state index in [0.29, 0.717) is 26.2 Å². The Morgan fingerprint density at radius 1 is 0.867 bits per heavy atom. The van der Waals surface area contributed by atoms with Crippen molar-refractivity contribution in [2.75, 3.05) is 31.5 Å². The fourth-order valence-electron chi connectivity index (χ4n) is 4.33. The van der Waals surface area contributed by atoms with Crippen LogP contribution >= 0.6 is 11.3 Å². The maximum absolute atomic E-state index is 13.2. The van der Waals surface area contributed by atoms with Crippen molar-refractivity contribution in [2.45, 2.75) is 25.7 Å². The molecule has 2 saturated heterocycles. The van der Waals surface area contributed by atoms with E-state index in [1.54, 1.807) is 4.90 Å². The first-order valence-electron chi connectivity index (χ1n) is 10.6. The SMILES string of the molecule is O=C(Nc1ccccc1)[C@H]1CCCN(C(=O)[C@H]2CCCN(C(=O)c3cccs3)C2)C1. The number of likely N-dealkylation sites (tertiary alicyclic amines) is 2. The summed E-state index contributed by atoms with van der Waals surface area (Å²) in [6.45, 7) is 2.30. The van der Waals surface area contributed by atoms with Crippen LogP contribution in [0.3, 0.4) is 0 Å². The maximum Gasteiger partial charge on any atom is 0.263 e. The van der Waals surface area contributed by atoms with Crippen molar-refractivity contribution in [1.29, 1.82) is 0 Å². The molecule has 4 rings (SSSR count). The molecule has 1 aromatic heterocycles. The number of nitrogens with one attached hydrogen (secondary N) is 1. The molecule has 0 unspecified atom stereocenters. The van der Waals surface area contributed by atoms with Crippen LogP contribution in [0.25, 0.3) is 0 Å². The number of anilines is 1. The van der Waals surface area contributed by atoms with E-state index in [-0.39, 0.29) is 29.6 Å². The van der Waals surface area contributed by atoms with Gasteiger partial charge < -0.3 is 15.1 Å². The number of amides is 3. The molecule has 2 fully saturated rings. The lowest BCUT2D eigenvalue weighted by Crippen LogP contribution is -2.50. The van der Waals surface area contributed by atoms with Gasteiger partial charge in [0.05, 0.1) is 16.7 Å². The number of piperidine rings is 2. The van der Waals surface area contributed by atoms with E-state index in [1.807, 2.05) is 52.7 Å². The minimum absolute atomic E-state index is 0.0151. The molecule has 1 aromatic carbocycles. The van der Waals surface area contributed by atoms with E-state index in [0.717, 1.165) is 36.2 Å². The average molecular weight is 426 g/mol. The highest BCUT2D eigenvalue weighted by Crippen LogP contribution is 2.25. The number of carbonyl (C=O) groups is 3. The number of nitrogens with zero attached hydrogens (tertiary/aromatic N) is 2. The number of hydrogen-bond donors (Lipinski definition) is 1. The lowest BCUT2D eigenvalue weighted by molar-refractivity contribution is -0.139. The van der Waals surface area contributed by atoms with Gasteiger partial charge in [-0.15, -0.1) is 11.3 Å². The number of benzene rings is 1. The molecule has 0 bridgehead atoms. The zero-order valence-electron chi connectivity index (χ0n) is 17.0. The summed E-state index contributed by atoms with van der Waals surface area (Å²) in [7, 11) is 0. The van der Waals surface area contributed by atoms with Crippen molar-refractivity contribution in [3.8, 4) is 0 Å². The van der Waals surface area contributed by atoms with Gasteiger partial charge in [-0.05, 0) is 49.3 Å². The van der Waals surface area contributed by atoms with Crippen molar-refractivity contribution in [3.05, 3.63) is 52.7 Å². The Hall–Kier alpha value is -2.67. The van der Waals surface area contributed by atoms with Crippen LogP contribution in [-0.4, -0.2) is 53.7 Å². The van der Waals surface area contributed by atoms with Crippen LogP contribution in [0, 0.1) is 11.8 Å². The Morgan fingerprint density at radius 2 is 1.57 bits per heavy atom. The molecule has 0 spiro atoms. The fraction of sp³-hybridized carbons (Fsp3) is 0.435. The van der Waals surface area contributed by atoms with Crippen LogP contribution < -0.4 is 5.32 Å². The highest BCUT2D eigenvalue weighted by atomic mass is 32.1. The average Bonchev–Trinajstić information content (AvgIpc) is 3.34. The van der Waals surface area contributed by atoms with Crippen LogP contribution in [0.4, 0.5) is 5.69 Å². The summed E-state index contributed by atoms with van der Waals surface area (Å²) in [5.74, 6) is -0.317. The van der Waals surface area contributed by atoms with E-state index in [9.17, 15) is 14.4 Å². The Balaban J connectivity index is 1.35. The van der Waals surface area contributed by atoms with Crippen LogP contribution in [-0.2, 0) is 9.59 Å². The molecule has 3 heterocycles. The molecule has 2 aromatic rings. The predicted octanol–water partition coefficient (Wildman–Crippen LogP) is 3.48. The minimum atomic E-state index is -0.199. The van der Waals surface area contributed by atoms with E-state index in [4.69, 9.17) is 0 Å². The number of carbonyl (C=O) groups excluding carboxylic acids is 3. The maximum atomic E-state index is 13.2. The molecule has 6 nitrogen and oxygen atoms in total. The molecular weight excluding hydrogens is 398 g/mol. The Kier molecular flexibility index (Phi) is 6.47. The zero-order chi connectivity index (χ0) is 20.9. The highest BCUT2D eigenvalue weighted by molar-refractivity contribution is 7.12. The normalized spacial score (nSPS) is 21.9. The molecule has 30 heavy (non-hydrogen) atoms. The van der Waals surface area contributed by atoms with Gasteiger partial charge in [-0.1, -0.05) is 24.3 Å². The van der Waals surface area contributed by atoms with Crippen LogP contribution in [0.1, 0.15) is 35.4 Å². The Labute approximate surface area is 180 Å².